The highest BCUT2D eigenvalue weighted by Crippen LogP contribution is 2.26. The zero-order valence-corrected chi connectivity index (χ0v) is 11.8. The summed E-state index contributed by atoms with van der Waals surface area (Å²) in [5.41, 5.74) is 0.807. The van der Waals surface area contributed by atoms with Gasteiger partial charge in [-0.05, 0) is 53.5 Å². The zero-order chi connectivity index (χ0) is 11.5. The lowest BCUT2D eigenvalue weighted by molar-refractivity contribution is -0.117. The van der Waals surface area contributed by atoms with Crippen LogP contribution in [0, 0.1) is 0 Å². The average Bonchev–Trinajstić information content (AvgIpc) is 2.75. The van der Waals surface area contributed by atoms with Gasteiger partial charge >= 0.3 is 0 Å². The quantitative estimate of drug-likeness (QED) is 0.863. The summed E-state index contributed by atoms with van der Waals surface area (Å²) in [7, 11) is 0. The number of anilines is 1. The number of nitrogens with one attached hydrogen (secondary N) is 2. The van der Waals surface area contributed by atoms with Crippen LogP contribution in [0.3, 0.4) is 0 Å². The van der Waals surface area contributed by atoms with Crippen molar-refractivity contribution in [3.05, 3.63) is 27.1 Å². The van der Waals surface area contributed by atoms with Gasteiger partial charge in [-0.25, -0.2) is 0 Å². The third-order valence-electron chi connectivity index (χ3n) is 2.57. The first-order valence-corrected chi connectivity index (χ1v) is 6.75. The Balaban J connectivity index is 2.05. The summed E-state index contributed by atoms with van der Waals surface area (Å²) in [4.78, 5) is 11.8. The van der Waals surface area contributed by atoms with Crippen LogP contribution in [0.25, 0.3) is 0 Å². The average molecular weight is 348 g/mol. The standard InChI is InChI=1S/C11H12Br2N2O/c12-7-3-4-9(8(13)6-7)15-11(16)10-2-1-5-14-10/h3-4,6,10,14H,1-2,5H2,(H,15,16)/t10-/m0/s1. The van der Waals surface area contributed by atoms with E-state index in [1.165, 1.54) is 0 Å². The molecule has 16 heavy (non-hydrogen) atoms. The van der Waals surface area contributed by atoms with Gasteiger partial charge < -0.3 is 10.6 Å². The third-order valence-corrected chi connectivity index (χ3v) is 3.72. The monoisotopic (exact) mass is 346 g/mol. The van der Waals surface area contributed by atoms with E-state index in [0.29, 0.717) is 0 Å². The molecular formula is C11H12Br2N2O. The number of hydrogen-bond donors (Lipinski definition) is 2. The van der Waals surface area contributed by atoms with Gasteiger partial charge in [0.1, 0.15) is 0 Å². The number of carbonyl (C=O) groups is 1. The smallest absolute Gasteiger partial charge is 0.241 e. The highest BCUT2D eigenvalue weighted by Gasteiger charge is 2.22. The molecule has 1 amide bonds. The van der Waals surface area contributed by atoms with Crippen LogP contribution < -0.4 is 10.6 Å². The van der Waals surface area contributed by atoms with E-state index in [-0.39, 0.29) is 11.9 Å². The minimum atomic E-state index is -0.0458. The van der Waals surface area contributed by atoms with Gasteiger partial charge in [0.2, 0.25) is 5.91 Å². The zero-order valence-electron chi connectivity index (χ0n) is 8.59. The summed E-state index contributed by atoms with van der Waals surface area (Å²) < 4.78 is 1.87. The van der Waals surface area contributed by atoms with Gasteiger partial charge in [-0.1, -0.05) is 15.9 Å². The molecule has 0 radical (unpaired) electrons. The molecule has 0 saturated carbocycles. The molecule has 0 bridgehead atoms. The molecule has 1 aromatic rings. The van der Waals surface area contributed by atoms with E-state index in [0.717, 1.165) is 34.0 Å². The van der Waals surface area contributed by atoms with Crippen molar-refractivity contribution in [2.24, 2.45) is 0 Å². The second-order valence-electron chi connectivity index (χ2n) is 3.76. The highest BCUT2D eigenvalue weighted by atomic mass is 79.9. The van der Waals surface area contributed by atoms with E-state index < -0.39 is 0 Å². The Bertz CT molecular complexity index is 403. The van der Waals surface area contributed by atoms with Gasteiger partial charge in [-0.2, -0.15) is 0 Å². The van der Waals surface area contributed by atoms with E-state index in [9.17, 15) is 4.79 Å². The number of benzene rings is 1. The highest BCUT2D eigenvalue weighted by molar-refractivity contribution is 9.11. The third kappa shape index (κ3) is 2.84. The predicted octanol–water partition coefficient (Wildman–Crippen LogP) is 2.90. The maximum atomic E-state index is 11.8. The van der Waals surface area contributed by atoms with Crippen LogP contribution in [-0.4, -0.2) is 18.5 Å². The number of halogens is 2. The molecule has 1 heterocycles. The SMILES string of the molecule is O=C(Nc1ccc(Br)cc1Br)[C@@H]1CCCN1. The molecule has 86 valence electrons. The van der Waals surface area contributed by atoms with Crippen molar-refractivity contribution in [3.63, 3.8) is 0 Å². The number of carbonyl (C=O) groups excluding carboxylic acids is 1. The molecule has 2 rings (SSSR count). The first kappa shape index (κ1) is 12.1. The van der Waals surface area contributed by atoms with Gasteiger partial charge in [0.05, 0.1) is 11.7 Å². The van der Waals surface area contributed by atoms with Crippen LogP contribution in [0.4, 0.5) is 5.69 Å². The van der Waals surface area contributed by atoms with Crippen LogP contribution in [0.2, 0.25) is 0 Å². The summed E-state index contributed by atoms with van der Waals surface area (Å²) in [6, 6.07) is 5.65. The van der Waals surface area contributed by atoms with Crippen LogP contribution in [0.5, 0.6) is 0 Å². The van der Waals surface area contributed by atoms with Crippen LogP contribution >= 0.6 is 31.9 Å². The fourth-order valence-electron chi connectivity index (χ4n) is 1.72. The molecule has 1 fully saturated rings. The van der Waals surface area contributed by atoms with E-state index in [1.54, 1.807) is 0 Å². The molecule has 3 nitrogen and oxygen atoms in total. The lowest BCUT2D eigenvalue weighted by Crippen LogP contribution is -2.35. The Kier molecular flexibility index (Phi) is 4.00. The maximum Gasteiger partial charge on any atom is 0.241 e. The van der Waals surface area contributed by atoms with Crippen molar-refractivity contribution in [1.29, 1.82) is 0 Å². The Morgan fingerprint density at radius 2 is 2.25 bits per heavy atom. The second-order valence-corrected chi connectivity index (χ2v) is 5.53. The summed E-state index contributed by atoms with van der Waals surface area (Å²) >= 11 is 6.79. The molecule has 0 unspecified atom stereocenters. The summed E-state index contributed by atoms with van der Waals surface area (Å²) in [6.07, 6.45) is 1.99. The minimum Gasteiger partial charge on any atom is -0.324 e. The number of rotatable bonds is 2. The topological polar surface area (TPSA) is 41.1 Å². The molecule has 2 N–H and O–H groups in total. The molecule has 1 aliphatic rings. The second kappa shape index (κ2) is 5.29. The van der Waals surface area contributed by atoms with Gasteiger partial charge in [-0.3, -0.25) is 4.79 Å². The fourth-order valence-corrected chi connectivity index (χ4v) is 2.87. The van der Waals surface area contributed by atoms with Crippen LogP contribution in [0.1, 0.15) is 12.8 Å². The molecule has 1 aromatic carbocycles. The number of hydrogen-bond acceptors (Lipinski definition) is 2. The molecule has 1 saturated heterocycles. The van der Waals surface area contributed by atoms with Gasteiger partial charge in [0.25, 0.3) is 0 Å². The van der Waals surface area contributed by atoms with E-state index >= 15 is 0 Å². The molecule has 0 aromatic heterocycles. The number of amides is 1. The van der Waals surface area contributed by atoms with E-state index in [4.69, 9.17) is 0 Å². The Morgan fingerprint density at radius 1 is 1.44 bits per heavy atom. The van der Waals surface area contributed by atoms with Crippen molar-refractivity contribution in [2.75, 3.05) is 11.9 Å². The van der Waals surface area contributed by atoms with E-state index in [1.807, 2.05) is 18.2 Å². The molecule has 1 aliphatic heterocycles. The van der Waals surface area contributed by atoms with Gasteiger partial charge in [-0.15, -0.1) is 0 Å². The first-order valence-electron chi connectivity index (χ1n) is 5.16. The Morgan fingerprint density at radius 3 is 2.88 bits per heavy atom. The first-order chi connectivity index (χ1) is 7.66. The normalized spacial score (nSPS) is 19.8. The van der Waals surface area contributed by atoms with Gasteiger partial charge in [0.15, 0.2) is 0 Å². The maximum absolute atomic E-state index is 11.8. The van der Waals surface area contributed by atoms with Crippen molar-refractivity contribution in [2.45, 2.75) is 18.9 Å². The minimum absolute atomic E-state index is 0.0422. The predicted molar refractivity (Wildman–Crippen MR) is 71.5 cm³/mol. The fraction of sp³-hybridized carbons (Fsp3) is 0.364. The molecular weight excluding hydrogens is 336 g/mol. The lowest BCUT2D eigenvalue weighted by Gasteiger charge is -2.12. The Hall–Kier alpha value is -0.390. The largest absolute Gasteiger partial charge is 0.324 e. The molecule has 5 heteroatoms. The summed E-state index contributed by atoms with van der Waals surface area (Å²) in [5, 5.41) is 6.08. The van der Waals surface area contributed by atoms with E-state index in [2.05, 4.69) is 42.5 Å². The van der Waals surface area contributed by atoms with Crippen molar-refractivity contribution >= 4 is 43.5 Å². The lowest BCUT2D eigenvalue weighted by atomic mass is 10.2. The van der Waals surface area contributed by atoms with Gasteiger partial charge in [0, 0.05) is 8.95 Å². The van der Waals surface area contributed by atoms with Crippen molar-refractivity contribution in [3.8, 4) is 0 Å². The van der Waals surface area contributed by atoms with Crippen LogP contribution in [0.15, 0.2) is 27.1 Å². The summed E-state index contributed by atoms with van der Waals surface area (Å²) in [5.74, 6) is 0.0422. The van der Waals surface area contributed by atoms with Crippen molar-refractivity contribution < 1.29 is 4.79 Å². The van der Waals surface area contributed by atoms with Crippen LogP contribution in [-0.2, 0) is 4.79 Å². The molecule has 0 spiro atoms. The van der Waals surface area contributed by atoms with Crippen molar-refractivity contribution in [1.82, 2.24) is 5.32 Å². The molecule has 1 atom stereocenters. The summed E-state index contributed by atoms with van der Waals surface area (Å²) in [6.45, 7) is 0.930. The Labute approximate surface area is 111 Å². The molecule has 0 aliphatic carbocycles.